The van der Waals surface area contributed by atoms with Crippen molar-refractivity contribution in [2.45, 2.75) is 64.6 Å². The minimum absolute atomic E-state index is 0.738. The van der Waals surface area contributed by atoms with Crippen LogP contribution >= 0.6 is 0 Å². The molecule has 2 aliphatic rings. The molecule has 0 spiro atoms. The molecule has 2 saturated heterocycles. The van der Waals surface area contributed by atoms with Gasteiger partial charge in [0.2, 0.25) is 0 Å². The van der Waals surface area contributed by atoms with E-state index in [0.717, 1.165) is 18.1 Å². The first-order chi connectivity index (χ1) is 7.18. The Hall–Kier alpha value is -0.0800. The van der Waals surface area contributed by atoms with E-state index in [9.17, 15) is 0 Å². The number of hydrogen-bond acceptors (Lipinski definition) is 2. The Labute approximate surface area is 94.6 Å². The Balaban J connectivity index is 1.82. The lowest BCUT2D eigenvalue weighted by atomic mass is 10.0. The maximum absolute atomic E-state index is 2.76. The van der Waals surface area contributed by atoms with Gasteiger partial charge < -0.3 is 4.90 Å². The van der Waals surface area contributed by atoms with E-state index < -0.39 is 0 Å². The van der Waals surface area contributed by atoms with Crippen molar-refractivity contribution in [3.63, 3.8) is 0 Å². The predicted molar refractivity (Wildman–Crippen MR) is 65.1 cm³/mol. The molecule has 0 amide bonds. The van der Waals surface area contributed by atoms with Gasteiger partial charge in [0.1, 0.15) is 0 Å². The van der Waals surface area contributed by atoms with Crippen LogP contribution in [0.2, 0.25) is 0 Å². The predicted octanol–water partition coefficient (Wildman–Crippen LogP) is 2.34. The van der Waals surface area contributed by atoms with Gasteiger partial charge in [-0.05, 0) is 66.1 Å². The van der Waals surface area contributed by atoms with Gasteiger partial charge in [0.25, 0.3) is 0 Å². The molecule has 2 heterocycles. The zero-order valence-electron chi connectivity index (χ0n) is 10.6. The van der Waals surface area contributed by atoms with E-state index in [4.69, 9.17) is 0 Å². The fourth-order valence-electron chi connectivity index (χ4n) is 3.23. The van der Waals surface area contributed by atoms with E-state index in [1.54, 1.807) is 0 Å². The number of nitrogens with zero attached hydrogens (tertiary/aromatic N) is 2. The maximum atomic E-state index is 2.76. The van der Waals surface area contributed by atoms with Crippen LogP contribution in [0.15, 0.2) is 0 Å². The highest BCUT2D eigenvalue weighted by Gasteiger charge is 2.30. The second kappa shape index (κ2) is 4.84. The van der Waals surface area contributed by atoms with Gasteiger partial charge >= 0.3 is 0 Å². The van der Waals surface area contributed by atoms with Gasteiger partial charge in [-0.25, -0.2) is 0 Å². The maximum Gasteiger partial charge on any atom is 0.0122 e. The van der Waals surface area contributed by atoms with Crippen molar-refractivity contribution in [3.05, 3.63) is 0 Å². The van der Waals surface area contributed by atoms with E-state index in [1.807, 2.05) is 0 Å². The molecule has 0 aromatic carbocycles. The van der Waals surface area contributed by atoms with Gasteiger partial charge in [-0.15, -0.1) is 0 Å². The molecule has 2 fully saturated rings. The standard InChI is InChI=1S/C13H26N2/c1-11(2)14-9-6-13(7-10-14)15-8-4-5-12(15)3/h11-13H,4-10H2,1-3H3. The van der Waals surface area contributed by atoms with Crippen molar-refractivity contribution in [3.8, 4) is 0 Å². The lowest BCUT2D eigenvalue weighted by Gasteiger charge is -2.40. The summed E-state index contributed by atoms with van der Waals surface area (Å²) in [5, 5.41) is 0. The third-order valence-corrected chi connectivity index (χ3v) is 4.30. The highest BCUT2D eigenvalue weighted by Crippen LogP contribution is 2.25. The molecule has 0 radical (unpaired) electrons. The van der Waals surface area contributed by atoms with Crippen LogP contribution in [-0.2, 0) is 0 Å². The normalized spacial score (nSPS) is 31.6. The number of rotatable bonds is 2. The second-order valence-electron chi connectivity index (χ2n) is 5.59. The lowest BCUT2D eigenvalue weighted by Crippen LogP contribution is -2.47. The highest BCUT2D eigenvalue weighted by atomic mass is 15.2. The molecule has 0 aromatic rings. The van der Waals surface area contributed by atoms with Gasteiger partial charge in [0, 0.05) is 18.1 Å². The molecule has 88 valence electrons. The molecule has 0 bridgehead atoms. The topological polar surface area (TPSA) is 6.48 Å². The van der Waals surface area contributed by atoms with Crippen LogP contribution in [0.1, 0.15) is 46.5 Å². The van der Waals surface area contributed by atoms with Crippen molar-refractivity contribution in [2.24, 2.45) is 0 Å². The van der Waals surface area contributed by atoms with Crippen LogP contribution in [0.25, 0.3) is 0 Å². The summed E-state index contributed by atoms with van der Waals surface area (Å²) < 4.78 is 0. The van der Waals surface area contributed by atoms with Gasteiger partial charge in [-0.2, -0.15) is 0 Å². The van der Waals surface area contributed by atoms with E-state index in [-0.39, 0.29) is 0 Å². The third-order valence-electron chi connectivity index (χ3n) is 4.30. The average molecular weight is 210 g/mol. The van der Waals surface area contributed by atoms with Crippen LogP contribution in [0, 0.1) is 0 Å². The van der Waals surface area contributed by atoms with E-state index in [2.05, 4.69) is 30.6 Å². The number of piperidine rings is 1. The first-order valence-electron chi connectivity index (χ1n) is 6.68. The summed E-state index contributed by atoms with van der Waals surface area (Å²) in [5.74, 6) is 0. The van der Waals surface area contributed by atoms with Crippen LogP contribution < -0.4 is 0 Å². The molecule has 2 aliphatic heterocycles. The summed E-state index contributed by atoms with van der Waals surface area (Å²) in [7, 11) is 0. The molecule has 0 N–H and O–H groups in total. The van der Waals surface area contributed by atoms with Crippen LogP contribution in [-0.4, -0.2) is 47.6 Å². The largest absolute Gasteiger partial charge is 0.301 e. The van der Waals surface area contributed by atoms with Gasteiger partial charge in [0.15, 0.2) is 0 Å². The zero-order chi connectivity index (χ0) is 10.8. The molecule has 2 heteroatoms. The van der Waals surface area contributed by atoms with Crippen molar-refractivity contribution >= 4 is 0 Å². The van der Waals surface area contributed by atoms with Crippen LogP contribution in [0.4, 0.5) is 0 Å². The van der Waals surface area contributed by atoms with Crippen LogP contribution in [0.3, 0.4) is 0 Å². The minimum Gasteiger partial charge on any atom is -0.301 e. The average Bonchev–Trinajstić information content (AvgIpc) is 2.65. The molecular weight excluding hydrogens is 184 g/mol. The van der Waals surface area contributed by atoms with E-state index in [0.29, 0.717) is 0 Å². The van der Waals surface area contributed by atoms with Gasteiger partial charge in [-0.3, -0.25) is 4.90 Å². The zero-order valence-corrected chi connectivity index (χ0v) is 10.6. The molecule has 2 rings (SSSR count). The first-order valence-corrected chi connectivity index (χ1v) is 6.68. The molecular formula is C13H26N2. The van der Waals surface area contributed by atoms with Crippen molar-refractivity contribution in [1.29, 1.82) is 0 Å². The molecule has 0 saturated carbocycles. The third kappa shape index (κ3) is 2.54. The highest BCUT2D eigenvalue weighted by molar-refractivity contribution is 4.86. The summed E-state index contributed by atoms with van der Waals surface area (Å²) in [4.78, 5) is 5.38. The van der Waals surface area contributed by atoms with Crippen molar-refractivity contribution in [2.75, 3.05) is 19.6 Å². The molecule has 0 aromatic heterocycles. The number of likely N-dealkylation sites (tertiary alicyclic amines) is 2. The molecule has 1 unspecified atom stereocenters. The van der Waals surface area contributed by atoms with Gasteiger partial charge in [-0.1, -0.05) is 0 Å². The quantitative estimate of drug-likeness (QED) is 0.690. The summed E-state index contributed by atoms with van der Waals surface area (Å²) >= 11 is 0. The second-order valence-corrected chi connectivity index (χ2v) is 5.59. The number of hydrogen-bond donors (Lipinski definition) is 0. The Morgan fingerprint density at radius 3 is 2.13 bits per heavy atom. The van der Waals surface area contributed by atoms with E-state index >= 15 is 0 Å². The molecule has 0 aliphatic carbocycles. The fraction of sp³-hybridized carbons (Fsp3) is 1.00. The summed E-state index contributed by atoms with van der Waals surface area (Å²) in [6.07, 6.45) is 5.63. The minimum atomic E-state index is 0.738. The Morgan fingerprint density at radius 1 is 1.00 bits per heavy atom. The summed E-state index contributed by atoms with van der Waals surface area (Å²) in [5.41, 5.74) is 0. The van der Waals surface area contributed by atoms with Gasteiger partial charge in [0.05, 0.1) is 0 Å². The Bertz CT molecular complexity index is 195. The van der Waals surface area contributed by atoms with Crippen LogP contribution in [0.5, 0.6) is 0 Å². The lowest BCUT2D eigenvalue weighted by molar-refractivity contribution is 0.0885. The smallest absolute Gasteiger partial charge is 0.0122 e. The van der Waals surface area contributed by atoms with E-state index in [1.165, 1.54) is 45.3 Å². The summed E-state index contributed by atoms with van der Waals surface area (Å²) in [6, 6.07) is 2.47. The fourth-order valence-corrected chi connectivity index (χ4v) is 3.23. The molecule has 15 heavy (non-hydrogen) atoms. The Morgan fingerprint density at radius 2 is 1.67 bits per heavy atom. The van der Waals surface area contributed by atoms with Crippen molar-refractivity contribution < 1.29 is 0 Å². The summed E-state index contributed by atoms with van der Waals surface area (Å²) in [6.45, 7) is 11.0. The monoisotopic (exact) mass is 210 g/mol. The molecule has 2 nitrogen and oxygen atoms in total. The van der Waals surface area contributed by atoms with Crippen molar-refractivity contribution in [1.82, 2.24) is 9.80 Å². The first kappa shape index (κ1) is 11.4. The molecule has 1 atom stereocenters. The SMILES string of the molecule is CC(C)N1CCC(N2CCCC2C)CC1. The Kier molecular flexibility index (Phi) is 3.68.